The molecule has 0 aliphatic heterocycles. The summed E-state index contributed by atoms with van der Waals surface area (Å²) in [4.78, 5) is 22.8. The summed E-state index contributed by atoms with van der Waals surface area (Å²) in [7, 11) is 0. The van der Waals surface area contributed by atoms with Crippen molar-refractivity contribution in [2.75, 3.05) is 0 Å². The number of carbonyl (C=O) groups is 1. The monoisotopic (exact) mass is 334 g/mol. The second-order valence-corrected chi connectivity index (χ2v) is 5.83. The smallest absolute Gasteiger partial charge is 0.283 e. The van der Waals surface area contributed by atoms with Gasteiger partial charge in [0.05, 0.1) is 9.82 Å². The fraction of sp³-hybridized carbons (Fsp3) is 0. The van der Waals surface area contributed by atoms with Crippen LogP contribution < -0.4 is 5.73 Å². The molecule has 112 valence electrons. The van der Waals surface area contributed by atoms with Crippen molar-refractivity contribution >= 4 is 41.0 Å². The number of nitro benzene ring substituents is 1. The molecule has 2 aromatic rings. The van der Waals surface area contributed by atoms with E-state index >= 15 is 0 Å². The van der Waals surface area contributed by atoms with E-state index in [1.165, 1.54) is 23.9 Å². The third-order valence-corrected chi connectivity index (χ3v) is 3.99. The summed E-state index contributed by atoms with van der Waals surface area (Å²) in [5, 5.41) is 11.8. The number of hydrogen-bond donors (Lipinski definition) is 1. The van der Waals surface area contributed by atoms with Crippen molar-refractivity contribution in [2.24, 2.45) is 5.73 Å². The van der Waals surface area contributed by atoms with Crippen molar-refractivity contribution in [2.45, 2.75) is 9.79 Å². The van der Waals surface area contributed by atoms with E-state index in [-0.39, 0.29) is 5.69 Å². The molecule has 0 saturated heterocycles. The van der Waals surface area contributed by atoms with Crippen LogP contribution in [0.3, 0.4) is 0 Å². The number of primary amides is 1. The second-order valence-electron chi connectivity index (χ2n) is 4.28. The quantitative estimate of drug-likeness (QED) is 0.510. The lowest BCUT2D eigenvalue weighted by atomic mass is 10.2. The molecule has 7 heteroatoms. The van der Waals surface area contributed by atoms with Crippen molar-refractivity contribution in [3.63, 3.8) is 0 Å². The molecule has 0 radical (unpaired) electrons. The topological polar surface area (TPSA) is 86.2 Å². The molecule has 0 fully saturated rings. The number of halogens is 1. The van der Waals surface area contributed by atoms with Gasteiger partial charge in [0.15, 0.2) is 0 Å². The molecular weight excluding hydrogens is 324 g/mol. The van der Waals surface area contributed by atoms with Gasteiger partial charge in [-0.1, -0.05) is 29.4 Å². The number of nitrogens with two attached hydrogens (primary N) is 1. The summed E-state index contributed by atoms with van der Waals surface area (Å²) in [6.45, 7) is 0. The maximum atomic E-state index is 11.2. The molecule has 1 amide bonds. The Kier molecular flexibility index (Phi) is 5.19. The average molecular weight is 335 g/mol. The van der Waals surface area contributed by atoms with Gasteiger partial charge in [0.2, 0.25) is 5.91 Å². The van der Waals surface area contributed by atoms with Crippen molar-refractivity contribution in [3.05, 3.63) is 69.2 Å². The van der Waals surface area contributed by atoms with Gasteiger partial charge in [-0.05, 0) is 42.0 Å². The number of rotatable bonds is 5. The summed E-state index contributed by atoms with van der Waals surface area (Å²) in [6, 6.07) is 11.7. The van der Waals surface area contributed by atoms with Gasteiger partial charge in [-0.3, -0.25) is 14.9 Å². The third kappa shape index (κ3) is 4.34. The molecule has 2 aromatic carbocycles. The van der Waals surface area contributed by atoms with E-state index < -0.39 is 10.8 Å². The molecule has 0 spiro atoms. The zero-order valence-corrected chi connectivity index (χ0v) is 12.8. The van der Waals surface area contributed by atoms with Crippen LogP contribution in [0.1, 0.15) is 5.56 Å². The minimum Gasteiger partial charge on any atom is -0.366 e. The first-order valence-corrected chi connectivity index (χ1v) is 7.34. The minimum atomic E-state index is -0.609. The van der Waals surface area contributed by atoms with E-state index in [2.05, 4.69) is 0 Å². The number of nitro groups is 1. The zero-order valence-electron chi connectivity index (χ0n) is 11.2. The Morgan fingerprint density at radius 1 is 1.23 bits per heavy atom. The molecule has 0 saturated carbocycles. The maximum absolute atomic E-state index is 11.2. The van der Waals surface area contributed by atoms with E-state index in [9.17, 15) is 14.9 Å². The molecule has 2 N–H and O–H groups in total. The maximum Gasteiger partial charge on any atom is 0.283 e. The largest absolute Gasteiger partial charge is 0.366 e. The van der Waals surface area contributed by atoms with Crippen molar-refractivity contribution in [3.8, 4) is 0 Å². The summed E-state index contributed by atoms with van der Waals surface area (Å²) in [5.41, 5.74) is 5.51. The summed E-state index contributed by atoms with van der Waals surface area (Å²) < 4.78 is 0. The molecular formula is C15H11ClN2O3S. The summed E-state index contributed by atoms with van der Waals surface area (Å²) in [5.74, 6) is -0.609. The molecule has 0 unspecified atom stereocenters. The second kappa shape index (κ2) is 7.11. The van der Waals surface area contributed by atoms with Crippen LogP contribution in [0.2, 0.25) is 5.02 Å². The van der Waals surface area contributed by atoms with Gasteiger partial charge in [0.25, 0.3) is 5.69 Å². The number of amides is 1. The SMILES string of the molecule is NC(=O)/C=C/c1ccc(Sc2ccc(Cl)cc2)c([N+](=O)[O-])c1. The Balaban J connectivity index is 2.32. The van der Waals surface area contributed by atoms with Crippen LogP contribution in [0, 0.1) is 10.1 Å². The number of carbonyl (C=O) groups excluding carboxylic acids is 1. The molecule has 0 aromatic heterocycles. The molecule has 5 nitrogen and oxygen atoms in total. The van der Waals surface area contributed by atoms with E-state index in [4.69, 9.17) is 17.3 Å². The summed E-state index contributed by atoms with van der Waals surface area (Å²) >= 11 is 7.08. The Labute approximate surface area is 135 Å². The first-order valence-electron chi connectivity index (χ1n) is 6.15. The Morgan fingerprint density at radius 2 is 1.91 bits per heavy atom. The molecule has 22 heavy (non-hydrogen) atoms. The number of hydrogen-bond acceptors (Lipinski definition) is 4. The van der Waals surface area contributed by atoms with Gasteiger partial charge in [-0.2, -0.15) is 0 Å². The zero-order chi connectivity index (χ0) is 16.1. The Morgan fingerprint density at radius 3 is 2.50 bits per heavy atom. The van der Waals surface area contributed by atoms with Crippen LogP contribution in [0.4, 0.5) is 5.69 Å². The third-order valence-electron chi connectivity index (χ3n) is 2.66. The Bertz CT molecular complexity index is 745. The number of nitrogens with zero attached hydrogens (tertiary/aromatic N) is 1. The lowest BCUT2D eigenvalue weighted by Gasteiger charge is -2.04. The van der Waals surface area contributed by atoms with Gasteiger partial charge in [-0.15, -0.1) is 0 Å². The first-order chi connectivity index (χ1) is 10.5. The van der Waals surface area contributed by atoms with Gasteiger partial charge < -0.3 is 5.73 Å². The van der Waals surface area contributed by atoms with Gasteiger partial charge in [0.1, 0.15) is 0 Å². The van der Waals surface area contributed by atoms with E-state index in [1.54, 1.807) is 36.4 Å². The van der Waals surface area contributed by atoms with Crippen LogP contribution in [-0.2, 0) is 4.79 Å². The molecule has 0 aliphatic rings. The van der Waals surface area contributed by atoms with Crippen LogP contribution in [-0.4, -0.2) is 10.8 Å². The number of benzene rings is 2. The summed E-state index contributed by atoms with van der Waals surface area (Å²) in [6.07, 6.45) is 2.59. The van der Waals surface area contributed by atoms with Crippen LogP contribution in [0.15, 0.2) is 58.3 Å². The molecule has 0 aliphatic carbocycles. The highest BCUT2D eigenvalue weighted by Crippen LogP contribution is 2.35. The van der Waals surface area contributed by atoms with Gasteiger partial charge >= 0.3 is 0 Å². The van der Waals surface area contributed by atoms with E-state index in [1.807, 2.05) is 0 Å². The fourth-order valence-electron chi connectivity index (χ4n) is 1.68. The van der Waals surface area contributed by atoms with E-state index in [0.717, 1.165) is 11.0 Å². The highest BCUT2D eigenvalue weighted by Gasteiger charge is 2.15. The predicted molar refractivity (Wildman–Crippen MR) is 86.9 cm³/mol. The molecule has 2 rings (SSSR count). The van der Waals surface area contributed by atoms with Gasteiger partial charge in [-0.25, -0.2) is 0 Å². The fourth-order valence-corrected chi connectivity index (χ4v) is 2.70. The average Bonchev–Trinajstić information content (AvgIpc) is 2.48. The lowest BCUT2D eigenvalue weighted by molar-refractivity contribution is -0.387. The predicted octanol–water partition coefficient (Wildman–Crippen LogP) is 3.90. The highest BCUT2D eigenvalue weighted by atomic mass is 35.5. The molecule has 0 bridgehead atoms. The lowest BCUT2D eigenvalue weighted by Crippen LogP contribution is -2.05. The molecule has 0 heterocycles. The normalized spacial score (nSPS) is 10.8. The van der Waals surface area contributed by atoms with Crippen LogP contribution >= 0.6 is 23.4 Å². The van der Waals surface area contributed by atoms with Crippen molar-refractivity contribution in [1.29, 1.82) is 0 Å². The molecule has 0 atom stereocenters. The van der Waals surface area contributed by atoms with Crippen molar-refractivity contribution < 1.29 is 9.72 Å². The highest BCUT2D eigenvalue weighted by molar-refractivity contribution is 7.99. The Hall–Kier alpha value is -2.31. The van der Waals surface area contributed by atoms with Gasteiger partial charge in [0, 0.05) is 22.1 Å². The van der Waals surface area contributed by atoms with Crippen LogP contribution in [0.5, 0.6) is 0 Å². The van der Waals surface area contributed by atoms with E-state index in [0.29, 0.717) is 15.5 Å². The first kappa shape index (κ1) is 16.1. The van der Waals surface area contributed by atoms with Crippen LogP contribution in [0.25, 0.3) is 6.08 Å². The van der Waals surface area contributed by atoms with Crippen molar-refractivity contribution in [1.82, 2.24) is 0 Å². The minimum absolute atomic E-state index is 0.0356. The standard InChI is InChI=1S/C15H11ClN2O3S/c16-11-3-5-12(6-4-11)22-14-7-1-10(2-8-15(17)19)9-13(14)18(20)21/h1-9H,(H2,17,19)/b8-2+.